The fourth-order valence-electron chi connectivity index (χ4n) is 3.02. The smallest absolute Gasteiger partial charge is 0.234 e. The van der Waals surface area contributed by atoms with E-state index in [0.717, 1.165) is 50.9 Å². The first-order chi connectivity index (χ1) is 11.9. The van der Waals surface area contributed by atoms with Crippen LogP contribution in [0.5, 0.6) is 0 Å². The monoisotopic (exact) mass is 349 g/mol. The summed E-state index contributed by atoms with van der Waals surface area (Å²) in [7, 11) is 0. The van der Waals surface area contributed by atoms with Crippen LogP contribution in [0, 0.1) is 0 Å². The van der Waals surface area contributed by atoms with Crippen LogP contribution in [0.4, 0.5) is 17.6 Å². The van der Waals surface area contributed by atoms with E-state index in [9.17, 15) is 4.79 Å². The van der Waals surface area contributed by atoms with E-state index in [0.29, 0.717) is 12.5 Å². The Morgan fingerprint density at radius 2 is 1.88 bits per heavy atom. The first kappa shape index (κ1) is 19.2. The van der Waals surface area contributed by atoms with Crippen LogP contribution in [-0.2, 0) is 4.79 Å². The van der Waals surface area contributed by atoms with Gasteiger partial charge in [-0.3, -0.25) is 9.69 Å². The summed E-state index contributed by atoms with van der Waals surface area (Å²) in [4.78, 5) is 27.2. The van der Waals surface area contributed by atoms with Crippen LogP contribution in [-0.4, -0.2) is 72.6 Å². The molecule has 25 heavy (non-hydrogen) atoms. The molecule has 8 nitrogen and oxygen atoms in total. The van der Waals surface area contributed by atoms with Gasteiger partial charge in [-0.2, -0.15) is 9.97 Å². The van der Waals surface area contributed by atoms with Crippen LogP contribution in [0.25, 0.3) is 0 Å². The second-order valence-corrected chi connectivity index (χ2v) is 6.60. The van der Waals surface area contributed by atoms with E-state index in [-0.39, 0.29) is 11.9 Å². The molecule has 2 rings (SSSR count). The minimum atomic E-state index is 0.0820. The van der Waals surface area contributed by atoms with Gasteiger partial charge >= 0.3 is 0 Å². The number of hydrogen-bond donors (Lipinski definition) is 2. The number of nitrogens with one attached hydrogen (secondary N) is 1. The fourth-order valence-corrected chi connectivity index (χ4v) is 3.02. The summed E-state index contributed by atoms with van der Waals surface area (Å²) in [6.07, 6.45) is 0. The molecule has 0 radical (unpaired) electrons. The lowest BCUT2D eigenvalue weighted by Gasteiger charge is -2.35. The summed E-state index contributed by atoms with van der Waals surface area (Å²) < 4.78 is 0. The zero-order valence-electron chi connectivity index (χ0n) is 15.8. The van der Waals surface area contributed by atoms with Crippen LogP contribution in [0.15, 0.2) is 6.07 Å². The van der Waals surface area contributed by atoms with Gasteiger partial charge in [0, 0.05) is 51.4 Å². The summed E-state index contributed by atoms with van der Waals surface area (Å²) >= 11 is 0. The zero-order valence-corrected chi connectivity index (χ0v) is 15.8. The Bertz CT molecular complexity index is 566. The van der Waals surface area contributed by atoms with Crippen molar-refractivity contribution in [3.63, 3.8) is 0 Å². The molecule has 0 bridgehead atoms. The van der Waals surface area contributed by atoms with E-state index in [1.54, 1.807) is 0 Å². The molecule has 1 aliphatic heterocycles. The van der Waals surface area contributed by atoms with Gasteiger partial charge < -0.3 is 20.9 Å². The number of amides is 1. The number of piperazine rings is 1. The number of rotatable bonds is 7. The molecule has 1 aliphatic rings. The number of anilines is 3. The van der Waals surface area contributed by atoms with Crippen LogP contribution >= 0.6 is 0 Å². The van der Waals surface area contributed by atoms with Gasteiger partial charge in [-0.25, -0.2) is 0 Å². The Labute approximate surface area is 150 Å². The zero-order chi connectivity index (χ0) is 18.4. The van der Waals surface area contributed by atoms with Gasteiger partial charge in [-0.15, -0.1) is 0 Å². The Hall–Kier alpha value is -2.09. The van der Waals surface area contributed by atoms with E-state index >= 15 is 0 Å². The molecule has 1 aromatic heterocycles. The van der Waals surface area contributed by atoms with Crippen molar-refractivity contribution in [1.29, 1.82) is 0 Å². The summed E-state index contributed by atoms with van der Waals surface area (Å²) in [5, 5.41) is 2.94. The van der Waals surface area contributed by atoms with Gasteiger partial charge in [0.15, 0.2) is 0 Å². The van der Waals surface area contributed by atoms with Crippen LogP contribution in [0.3, 0.4) is 0 Å². The molecule has 1 saturated heterocycles. The molecule has 0 saturated carbocycles. The summed E-state index contributed by atoms with van der Waals surface area (Å²) in [6.45, 7) is 13.7. The van der Waals surface area contributed by atoms with Gasteiger partial charge in [-0.1, -0.05) is 0 Å². The SMILES string of the molecule is CCN(CC)c1cc(N2CCN(CC(=O)NC(C)C)CC2)nc(N)n1. The number of nitrogen functional groups attached to an aromatic ring is 1. The number of carbonyl (C=O) groups excluding carboxylic acids is 1. The van der Waals surface area contributed by atoms with Crippen molar-refractivity contribution in [1.82, 2.24) is 20.2 Å². The number of nitrogens with two attached hydrogens (primary N) is 1. The maximum absolute atomic E-state index is 11.9. The molecular weight excluding hydrogens is 318 g/mol. The highest BCUT2D eigenvalue weighted by Crippen LogP contribution is 2.21. The van der Waals surface area contributed by atoms with Gasteiger partial charge in [0.2, 0.25) is 11.9 Å². The highest BCUT2D eigenvalue weighted by molar-refractivity contribution is 5.78. The quantitative estimate of drug-likeness (QED) is 0.743. The molecule has 2 heterocycles. The van der Waals surface area contributed by atoms with Crippen LogP contribution in [0.1, 0.15) is 27.7 Å². The average Bonchev–Trinajstić information content (AvgIpc) is 2.55. The van der Waals surface area contributed by atoms with Crippen molar-refractivity contribution in [2.45, 2.75) is 33.7 Å². The molecule has 0 aromatic carbocycles. The maximum atomic E-state index is 11.9. The molecule has 0 unspecified atom stereocenters. The molecule has 0 spiro atoms. The normalized spacial score (nSPS) is 15.5. The van der Waals surface area contributed by atoms with Crippen molar-refractivity contribution < 1.29 is 4.79 Å². The molecule has 0 aliphatic carbocycles. The second kappa shape index (κ2) is 8.84. The first-order valence-electron chi connectivity index (χ1n) is 9.09. The molecule has 0 atom stereocenters. The van der Waals surface area contributed by atoms with E-state index in [2.05, 4.69) is 43.8 Å². The minimum absolute atomic E-state index is 0.0820. The predicted molar refractivity (Wildman–Crippen MR) is 102 cm³/mol. The third-order valence-electron chi connectivity index (χ3n) is 4.32. The van der Waals surface area contributed by atoms with Crippen LogP contribution < -0.4 is 20.9 Å². The summed E-state index contributed by atoms with van der Waals surface area (Å²) in [5.41, 5.74) is 5.91. The topological polar surface area (TPSA) is 90.6 Å². The largest absolute Gasteiger partial charge is 0.368 e. The minimum Gasteiger partial charge on any atom is -0.368 e. The van der Waals surface area contributed by atoms with Crippen LogP contribution in [0.2, 0.25) is 0 Å². The molecule has 8 heteroatoms. The second-order valence-electron chi connectivity index (χ2n) is 6.60. The maximum Gasteiger partial charge on any atom is 0.234 e. The molecular formula is C17H31N7O. The third-order valence-corrected chi connectivity index (χ3v) is 4.32. The highest BCUT2D eigenvalue weighted by atomic mass is 16.2. The van der Waals surface area contributed by atoms with E-state index in [1.807, 2.05) is 19.9 Å². The molecule has 1 amide bonds. The van der Waals surface area contributed by atoms with Gasteiger partial charge in [0.05, 0.1) is 6.54 Å². The number of aromatic nitrogens is 2. The average molecular weight is 349 g/mol. The number of hydrogen-bond acceptors (Lipinski definition) is 7. The number of nitrogens with zero attached hydrogens (tertiary/aromatic N) is 5. The molecule has 140 valence electrons. The fraction of sp³-hybridized carbons (Fsp3) is 0.706. The highest BCUT2D eigenvalue weighted by Gasteiger charge is 2.21. The van der Waals surface area contributed by atoms with Gasteiger partial charge in [-0.05, 0) is 27.7 Å². The predicted octanol–water partition coefficient (Wildman–Crippen LogP) is 0.552. The number of carbonyl (C=O) groups is 1. The molecule has 1 fully saturated rings. The standard InChI is InChI=1S/C17H31N7O/c1-5-23(6-2)14-11-15(21-17(18)20-14)24-9-7-22(8-10-24)12-16(25)19-13(3)4/h11,13H,5-10,12H2,1-4H3,(H,19,25)(H2,18,20,21). The van der Waals surface area contributed by atoms with E-state index in [1.165, 1.54) is 0 Å². The van der Waals surface area contributed by atoms with Crippen molar-refractivity contribution in [3.05, 3.63) is 6.07 Å². The lowest BCUT2D eigenvalue weighted by Crippen LogP contribution is -2.50. The van der Waals surface area contributed by atoms with E-state index < -0.39 is 0 Å². The lowest BCUT2D eigenvalue weighted by molar-refractivity contribution is -0.122. The Morgan fingerprint density at radius 1 is 1.24 bits per heavy atom. The third kappa shape index (κ3) is 5.45. The van der Waals surface area contributed by atoms with Crippen molar-refractivity contribution in [2.24, 2.45) is 0 Å². The van der Waals surface area contributed by atoms with E-state index in [4.69, 9.17) is 5.73 Å². The first-order valence-corrected chi connectivity index (χ1v) is 9.09. The lowest BCUT2D eigenvalue weighted by atomic mass is 10.3. The Kier molecular flexibility index (Phi) is 6.81. The van der Waals surface area contributed by atoms with Crippen molar-refractivity contribution >= 4 is 23.5 Å². The molecule has 1 aromatic rings. The Morgan fingerprint density at radius 3 is 2.44 bits per heavy atom. The van der Waals surface area contributed by atoms with Crippen molar-refractivity contribution in [3.8, 4) is 0 Å². The molecule has 3 N–H and O–H groups in total. The summed E-state index contributed by atoms with van der Waals surface area (Å²) in [6, 6.07) is 2.18. The van der Waals surface area contributed by atoms with Crippen molar-refractivity contribution in [2.75, 3.05) is 61.3 Å². The van der Waals surface area contributed by atoms with Gasteiger partial charge in [0.1, 0.15) is 11.6 Å². The Balaban J connectivity index is 1.97. The summed E-state index contributed by atoms with van der Waals surface area (Å²) in [5.74, 6) is 2.11. The van der Waals surface area contributed by atoms with Gasteiger partial charge in [0.25, 0.3) is 0 Å².